The van der Waals surface area contributed by atoms with Gasteiger partial charge in [0.15, 0.2) is 5.78 Å². The van der Waals surface area contributed by atoms with Gasteiger partial charge in [-0.1, -0.05) is 92.6 Å². The molecule has 4 nitrogen and oxygen atoms in total. The minimum Gasteiger partial charge on any atom is -0.512 e. The standard InChI is InChI=1S/C29H25N2S2.C13H24O2.Ir/c1-17-10-18(2)12-21(11-17)26-28-25(24(15-31-26)32-16-30)23-9-7-20-13-19(14-29(3,4)5)6-8-22(20)27(23)33-28;1-5-10(6-2)12(14)9-13(15)11(7-3)8-4;/h6-11,13,15H,14H2,1-5H3;9-11,14H,5-8H2,1-4H3;/q-1;;/b;12-9-;. The molecule has 0 fully saturated rings. The molecule has 49 heavy (non-hydrogen) atoms. The largest absolute Gasteiger partial charge is 0.512 e. The quantitative estimate of drug-likeness (QED) is 0.0498. The second kappa shape index (κ2) is 17.8. The maximum atomic E-state index is 11.7. The summed E-state index contributed by atoms with van der Waals surface area (Å²) in [5.41, 5.74) is 5.87. The Bertz CT molecular complexity index is 1970. The Labute approximate surface area is 314 Å². The summed E-state index contributed by atoms with van der Waals surface area (Å²) in [5, 5.41) is 26.3. The van der Waals surface area contributed by atoms with Crippen LogP contribution in [0.5, 0.6) is 0 Å². The number of rotatable bonds is 10. The van der Waals surface area contributed by atoms with Crippen molar-refractivity contribution >= 4 is 59.8 Å². The number of ketones is 1. The number of carbonyl (C=O) groups is 1. The molecule has 7 heteroatoms. The van der Waals surface area contributed by atoms with Crippen molar-refractivity contribution in [3.8, 4) is 16.7 Å². The van der Waals surface area contributed by atoms with Crippen LogP contribution in [0.4, 0.5) is 0 Å². The molecule has 0 unspecified atom stereocenters. The number of pyridine rings is 1. The third kappa shape index (κ3) is 9.83. The van der Waals surface area contributed by atoms with Crippen LogP contribution in [-0.2, 0) is 31.3 Å². The number of aryl methyl sites for hydroxylation is 2. The van der Waals surface area contributed by atoms with Crippen molar-refractivity contribution < 1.29 is 30.0 Å². The van der Waals surface area contributed by atoms with Crippen molar-refractivity contribution in [1.29, 1.82) is 5.26 Å². The number of thiophene rings is 1. The van der Waals surface area contributed by atoms with Gasteiger partial charge < -0.3 is 10.1 Å². The second-order valence-electron chi connectivity index (χ2n) is 14.0. The summed E-state index contributed by atoms with van der Waals surface area (Å²) in [6, 6.07) is 19.1. The van der Waals surface area contributed by atoms with E-state index >= 15 is 0 Å². The summed E-state index contributed by atoms with van der Waals surface area (Å²) in [5.74, 6) is 0.547. The molecular formula is C42H49IrN2O2S2-. The first-order valence-corrected chi connectivity index (χ1v) is 18.7. The maximum Gasteiger partial charge on any atom is 0.162 e. The summed E-state index contributed by atoms with van der Waals surface area (Å²) >= 11 is 2.97. The van der Waals surface area contributed by atoms with E-state index in [1.807, 2.05) is 33.9 Å². The van der Waals surface area contributed by atoms with Gasteiger partial charge in [-0.15, -0.1) is 46.2 Å². The fourth-order valence-corrected chi connectivity index (χ4v) is 8.38. The van der Waals surface area contributed by atoms with Crippen LogP contribution < -0.4 is 0 Å². The molecular weight excluding hydrogens is 821 g/mol. The normalized spacial score (nSPS) is 11.9. The van der Waals surface area contributed by atoms with Crippen molar-refractivity contribution in [2.24, 2.45) is 17.3 Å². The first-order valence-electron chi connectivity index (χ1n) is 17.1. The van der Waals surface area contributed by atoms with E-state index in [9.17, 15) is 15.2 Å². The van der Waals surface area contributed by atoms with E-state index in [0.29, 0.717) is 0 Å². The predicted molar refractivity (Wildman–Crippen MR) is 207 cm³/mol. The van der Waals surface area contributed by atoms with E-state index in [-0.39, 0.29) is 48.9 Å². The van der Waals surface area contributed by atoms with Crippen LogP contribution in [0.2, 0.25) is 0 Å². The fourth-order valence-electron chi connectivity index (χ4n) is 6.43. The van der Waals surface area contributed by atoms with Crippen LogP contribution in [0.3, 0.4) is 0 Å². The number of aromatic nitrogens is 1. The molecule has 0 aliphatic carbocycles. The zero-order chi connectivity index (χ0) is 35.2. The fraction of sp³-hybridized carbons (Fsp3) is 0.405. The second-order valence-corrected chi connectivity index (χ2v) is 15.8. The molecule has 0 bridgehead atoms. The van der Waals surface area contributed by atoms with E-state index in [0.717, 1.165) is 63.9 Å². The Morgan fingerprint density at radius 1 is 0.980 bits per heavy atom. The number of nitriles is 1. The smallest absolute Gasteiger partial charge is 0.162 e. The minimum absolute atomic E-state index is 0. The summed E-state index contributed by atoms with van der Waals surface area (Å²) in [4.78, 5) is 17.4. The number of allylic oxidation sites excluding steroid dienone is 2. The van der Waals surface area contributed by atoms with E-state index in [1.165, 1.54) is 49.8 Å². The molecule has 3 aromatic carbocycles. The maximum absolute atomic E-state index is 11.7. The van der Waals surface area contributed by atoms with Gasteiger partial charge >= 0.3 is 0 Å². The number of hydrogen-bond donors (Lipinski definition) is 1. The number of fused-ring (bicyclic) bond motifs is 5. The van der Waals surface area contributed by atoms with E-state index in [2.05, 4.69) is 88.6 Å². The topological polar surface area (TPSA) is 74.0 Å². The van der Waals surface area contributed by atoms with Gasteiger partial charge in [0, 0.05) is 75.0 Å². The van der Waals surface area contributed by atoms with Crippen LogP contribution in [0.1, 0.15) is 90.8 Å². The van der Waals surface area contributed by atoms with Crippen LogP contribution in [0, 0.1) is 47.8 Å². The summed E-state index contributed by atoms with van der Waals surface area (Å²) in [6.07, 6.45) is 7.80. The van der Waals surface area contributed by atoms with Gasteiger partial charge in [-0.2, -0.15) is 5.26 Å². The monoisotopic (exact) mass is 870 g/mol. The molecule has 0 atom stereocenters. The number of carbonyl (C=O) groups excluding carboxylic acids is 1. The molecule has 0 aliphatic heterocycles. The van der Waals surface area contributed by atoms with Crippen molar-refractivity contribution in [2.45, 2.75) is 99.3 Å². The van der Waals surface area contributed by atoms with Gasteiger partial charge in [-0.25, -0.2) is 0 Å². The average Bonchev–Trinajstić information content (AvgIpc) is 3.42. The molecule has 2 aromatic heterocycles. The number of benzene rings is 3. The van der Waals surface area contributed by atoms with Crippen LogP contribution in [-0.4, -0.2) is 15.9 Å². The van der Waals surface area contributed by atoms with Gasteiger partial charge in [0.1, 0.15) is 5.40 Å². The van der Waals surface area contributed by atoms with Gasteiger partial charge in [0.2, 0.25) is 0 Å². The molecule has 261 valence electrons. The molecule has 0 aliphatic rings. The Balaban J connectivity index is 0.000000347. The van der Waals surface area contributed by atoms with E-state index < -0.39 is 0 Å². The molecule has 5 rings (SSSR count). The number of thiocyanates is 1. The summed E-state index contributed by atoms with van der Waals surface area (Å²) in [7, 11) is 0. The summed E-state index contributed by atoms with van der Waals surface area (Å²) < 4.78 is 2.38. The van der Waals surface area contributed by atoms with Crippen molar-refractivity contribution in [2.75, 3.05) is 0 Å². The van der Waals surface area contributed by atoms with Crippen molar-refractivity contribution in [3.63, 3.8) is 0 Å². The number of aliphatic hydroxyl groups excluding tert-OH is 1. The Morgan fingerprint density at radius 3 is 2.22 bits per heavy atom. The van der Waals surface area contributed by atoms with E-state index in [4.69, 9.17) is 4.98 Å². The van der Waals surface area contributed by atoms with Crippen LogP contribution in [0.25, 0.3) is 42.2 Å². The third-order valence-corrected chi connectivity index (χ3v) is 10.7. The molecule has 0 saturated heterocycles. The SMILES string of the molecule is CCC(CC)C(=O)/C=C(\O)C(CC)CC.Cc1[c-]c(-c2ncc(SC#N)c3c2sc2c4ccc(CC(C)(C)C)cc4ccc23)cc(C)c1.[Ir]. The molecule has 0 saturated carbocycles. The first kappa shape index (κ1) is 40.4. The third-order valence-electron chi connectivity index (χ3n) is 8.88. The van der Waals surface area contributed by atoms with Crippen molar-refractivity contribution in [3.05, 3.63) is 83.3 Å². The van der Waals surface area contributed by atoms with Gasteiger partial charge in [0.25, 0.3) is 0 Å². The molecule has 0 amide bonds. The van der Waals surface area contributed by atoms with Crippen LogP contribution >= 0.6 is 23.1 Å². The van der Waals surface area contributed by atoms with Gasteiger partial charge in [-0.3, -0.25) is 4.79 Å². The van der Waals surface area contributed by atoms with Gasteiger partial charge in [-0.05, 0) is 65.6 Å². The molecule has 5 aromatic rings. The Morgan fingerprint density at radius 2 is 1.63 bits per heavy atom. The minimum atomic E-state index is 0. The van der Waals surface area contributed by atoms with Crippen molar-refractivity contribution in [1.82, 2.24) is 4.98 Å². The molecule has 2 heterocycles. The zero-order valence-electron chi connectivity index (χ0n) is 30.3. The molecule has 1 radical (unpaired) electrons. The number of aliphatic hydroxyl groups is 1. The zero-order valence-corrected chi connectivity index (χ0v) is 34.3. The average molecular weight is 870 g/mol. The molecule has 0 spiro atoms. The van der Waals surface area contributed by atoms with E-state index in [1.54, 1.807) is 11.3 Å². The Hall–Kier alpha value is -3.01. The Kier molecular flexibility index (Phi) is 14.7. The van der Waals surface area contributed by atoms with Crippen LogP contribution in [0.15, 0.2) is 65.4 Å². The predicted octanol–water partition coefficient (Wildman–Crippen LogP) is 12.7. The first-order chi connectivity index (χ1) is 22.8. The number of hydrogen-bond acceptors (Lipinski definition) is 6. The van der Waals surface area contributed by atoms with Gasteiger partial charge in [0.05, 0.1) is 5.76 Å². The summed E-state index contributed by atoms with van der Waals surface area (Å²) in [6.45, 7) is 19.1. The molecule has 1 N–H and O–H groups in total. The number of thioether (sulfide) groups is 1. The number of nitrogens with zero attached hydrogens (tertiary/aromatic N) is 2.